The largest absolute Gasteiger partial charge is 0.383 e. The van der Waals surface area contributed by atoms with Crippen LogP contribution in [0.1, 0.15) is 22.3 Å². The Bertz CT molecular complexity index is 1150. The SMILES string of the molecule is COCCNc1ccc(C2=NC(Cc3ccccc3Cl)C(=O)Cc3ccc(Cl)cc32)cn1. The monoisotopic (exact) mass is 467 g/mol. The van der Waals surface area contributed by atoms with E-state index in [4.69, 9.17) is 32.9 Å². The van der Waals surface area contributed by atoms with Gasteiger partial charge in [0, 0.05) is 53.9 Å². The predicted octanol–water partition coefficient (Wildman–Crippen LogP) is 5.02. The Hall–Kier alpha value is -2.73. The van der Waals surface area contributed by atoms with Gasteiger partial charge in [-0.1, -0.05) is 47.5 Å². The Morgan fingerprint density at radius 1 is 1.12 bits per heavy atom. The first-order valence-electron chi connectivity index (χ1n) is 10.4. The average Bonchev–Trinajstić information content (AvgIpc) is 2.92. The van der Waals surface area contributed by atoms with E-state index in [9.17, 15) is 4.79 Å². The van der Waals surface area contributed by atoms with Crippen molar-refractivity contribution in [2.24, 2.45) is 4.99 Å². The molecule has 1 aliphatic rings. The summed E-state index contributed by atoms with van der Waals surface area (Å²) in [5.41, 5.74) is 4.19. The Labute approximate surface area is 197 Å². The van der Waals surface area contributed by atoms with Crippen LogP contribution in [0.3, 0.4) is 0 Å². The number of rotatable bonds is 7. The molecule has 0 fully saturated rings. The molecule has 0 spiro atoms. The number of hydrogen-bond donors (Lipinski definition) is 1. The zero-order valence-electron chi connectivity index (χ0n) is 17.6. The highest BCUT2D eigenvalue weighted by molar-refractivity contribution is 6.32. The van der Waals surface area contributed by atoms with Crippen molar-refractivity contribution in [2.45, 2.75) is 18.9 Å². The van der Waals surface area contributed by atoms with E-state index in [1.54, 1.807) is 19.4 Å². The number of aromatic nitrogens is 1. The van der Waals surface area contributed by atoms with Crippen LogP contribution < -0.4 is 5.32 Å². The second-order valence-corrected chi connectivity index (χ2v) is 8.43. The molecule has 32 heavy (non-hydrogen) atoms. The minimum atomic E-state index is -0.546. The number of carbonyl (C=O) groups is 1. The number of methoxy groups -OCH3 is 1. The number of benzene rings is 2. The molecule has 3 aromatic rings. The van der Waals surface area contributed by atoms with Crippen LogP contribution in [0.25, 0.3) is 0 Å². The van der Waals surface area contributed by atoms with Crippen LogP contribution in [-0.4, -0.2) is 42.8 Å². The van der Waals surface area contributed by atoms with Crippen molar-refractivity contribution in [3.05, 3.63) is 93.1 Å². The lowest BCUT2D eigenvalue weighted by molar-refractivity contribution is -0.119. The molecule has 1 unspecified atom stereocenters. The maximum atomic E-state index is 13.1. The summed E-state index contributed by atoms with van der Waals surface area (Å²) in [6, 6.07) is 16.4. The van der Waals surface area contributed by atoms with Crippen molar-refractivity contribution >= 4 is 40.5 Å². The number of nitrogens with one attached hydrogen (secondary N) is 1. The summed E-state index contributed by atoms with van der Waals surface area (Å²) >= 11 is 12.7. The lowest BCUT2D eigenvalue weighted by Gasteiger charge is -2.13. The van der Waals surface area contributed by atoms with E-state index >= 15 is 0 Å². The molecule has 164 valence electrons. The molecule has 0 saturated heterocycles. The number of aliphatic imine (C=N–C) groups is 1. The fraction of sp³-hybridized carbons (Fsp3) is 0.240. The van der Waals surface area contributed by atoms with Crippen LogP contribution in [0.15, 0.2) is 65.8 Å². The van der Waals surface area contributed by atoms with E-state index in [2.05, 4.69) is 10.3 Å². The first-order chi connectivity index (χ1) is 15.5. The maximum absolute atomic E-state index is 13.1. The highest BCUT2D eigenvalue weighted by Gasteiger charge is 2.27. The van der Waals surface area contributed by atoms with Crippen molar-refractivity contribution < 1.29 is 9.53 Å². The summed E-state index contributed by atoms with van der Waals surface area (Å²) in [6.07, 6.45) is 2.49. The van der Waals surface area contributed by atoms with Crippen molar-refractivity contribution in [3.63, 3.8) is 0 Å². The Morgan fingerprint density at radius 3 is 2.72 bits per heavy atom. The fourth-order valence-electron chi connectivity index (χ4n) is 3.71. The van der Waals surface area contributed by atoms with Gasteiger partial charge in [0.05, 0.1) is 12.3 Å². The number of fused-ring (bicyclic) bond motifs is 1. The summed E-state index contributed by atoms with van der Waals surface area (Å²) in [4.78, 5) is 22.6. The molecule has 0 aliphatic carbocycles. The van der Waals surface area contributed by atoms with E-state index in [0.29, 0.717) is 41.8 Å². The molecule has 5 nitrogen and oxygen atoms in total. The van der Waals surface area contributed by atoms with E-state index in [0.717, 1.165) is 28.1 Å². The van der Waals surface area contributed by atoms with E-state index < -0.39 is 6.04 Å². The highest BCUT2D eigenvalue weighted by Crippen LogP contribution is 2.27. The van der Waals surface area contributed by atoms with Crippen LogP contribution in [0.4, 0.5) is 5.82 Å². The minimum Gasteiger partial charge on any atom is -0.383 e. The second kappa shape index (κ2) is 10.3. The number of pyridine rings is 1. The molecule has 1 atom stereocenters. The van der Waals surface area contributed by atoms with Crippen LogP contribution in [0.5, 0.6) is 0 Å². The molecule has 0 saturated carbocycles. The van der Waals surface area contributed by atoms with Crippen LogP contribution in [-0.2, 0) is 22.4 Å². The number of anilines is 1. The number of Topliss-reactive ketones (excluding diaryl/α,β-unsaturated/α-hetero) is 1. The van der Waals surface area contributed by atoms with Gasteiger partial charge in [0.1, 0.15) is 11.9 Å². The first-order valence-corrected chi connectivity index (χ1v) is 11.1. The number of hydrogen-bond acceptors (Lipinski definition) is 5. The van der Waals surface area contributed by atoms with Gasteiger partial charge in [0.25, 0.3) is 0 Å². The summed E-state index contributed by atoms with van der Waals surface area (Å²) < 4.78 is 5.06. The summed E-state index contributed by atoms with van der Waals surface area (Å²) in [5.74, 6) is 0.796. The third-order valence-corrected chi connectivity index (χ3v) is 5.97. The number of carbonyl (C=O) groups excluding carboxylic acids is 1. The smallest absolute Gasteiger partial charge is 0.162 e. The van der Waals surface area contributed by atoms with Gasteiger partial charge in [0.15, 0.2) is 5.78 Å². The Morgan fingerprint density at radius 2 is 1.97 bits per heavy atom. The van der Waals surface area contributed by atoms with Crippen molar-refractivity contribution in [1.82, 2.24) is 4.98 Å². The summed E-state index contributed by atoms with van der Waals surface area (Å²) in [7, 11) is 1.66. The molecular formula is C25H23Cl2N3O2. The fourth-order valence-corrected chi connectivity index (χ4v) is 4.09. The van der Waals surface area contributed by atoms with E-state index in [1.807, 2.05) is 48.5 Å². The predicted molar refractivity (Wildman–Crippen MR) is 129 cm³/mol. The molecule has 2 heterocycles. The molecular weight excluding hydrogens is 445 g/mol. The van der Waals surface area contributed by atoms with E-state index in [1.165, 1.54) is 0 Å². The van der Waals surface area contributed by atoms with Gasteiger partial charge in [-0.2, -0.15) is 0 Å². The second-order valence-electron chi connectivity index (χ2n) is 7.59. The van der Waals surface area contributed by atoms with Crippen LogP contribution in [0, 0.1) is 0 Å². The van der Waals surface area contributed by atoms with Gasteiger partial charge in [0.2, 0.25) is 0 Å². The molecule has 0 radical (unpaired) electrons. The van der Waals surface area contributed by atoms with Crippen molar-refractivity contribution in [1.29, 1.82) is 0 Å². The van der Waals surface area contributed by atoms with Crippen LogP contribution >= 0.6 is 23.2 Å². The van der Waals surface area contributed by atoms with E-state index in [-0.39, 0.29) is 5.78 Å². The van der Waals surface area contributed by atoms with Gasteiger partial charge >= 0.3 is 0 Å². The van der Waals surface area contributed by atoms with Crippen molar-refractivity contribution in [3.8, 4) is 0 Å². The Kier molecular flexibility index (Phi) is 7.20. The van der Waals surface area contributed by atoms with Crippen LogP contribution in [0.2, 0.25) is 10.0 Å². The first kappa shape index (κ1) is 22.5. The molecule has 2 aromatic carbocycles. The third-order valence-electron chi connectivity index (χ3n) is 5.37. The van der Waals surface area contributed by atoms with Gasteiger partial charge < -0.3 is 10.1 Å². The summed E-state index contributed by atoms with van der Waals surface area (Å²) in [5, 5.41) is 4.44. The number of nitrogens with zero attached hydrogens (tertiary/aromatic N) is 2. The molecule has 0 bridgehead atoms. The van der Waals surface area contributed by atoms with Crippen molar-refractivity contribution in [2.75, 3.05) is 25.6 Å². The van der Waals surface area contributed by atoms with Gasteiger partial charge in [-0.3, -0.25) is 9.79 Å². The number of ketones is 1. The normalized spacial score (nSPS) is 15.7. The quantitative estimate of drug-likeness (QED) is 0.495. The molecule has 7 heteroatoms. The maximum Gasteiger partial charge on any atom is 0.162 e. The van der Waals surface area contributed by atoms with Gasteiger partial charge in [-0.25, -0.2) is 4.98 Å². The molecule has 1 aromatic heterocycles. The molecule has 1 aliphatic heterocycles. The zero-order chi connectivity index (χ0) is 22.5. The third kappa shape index (κ3) is 5.18. The average molecular weight is 468 g/mol. The Balaban J connectivity index is 1.72. The molecule has 0 amide bonds. The number of ether oxygens (including phenoxy) is 1. The van der Waals surface area contributed by atoms with Gasteiger partial charge in [-0.05, 0) is 41.5 Å². The minimum absolute atomic E-state index is 0.0503. The highest BCUT2D eigenvalue weighted by atomic mass is 35.5. The lowest BCUT2D eigenvalue weighted by atomic mass is 9.95. The molecule has 4 rings (SSSR count). The number of halogens is 2. The standard InChI is InChI=1S/C25H23Cl2N3O2/c1-32-11-10-28-24-9-7-18(15-29-24)25-20-14-19(26)8-6-16(20)13-23(31)22(30-25)12-17-4-2-3-5-21(17)27/h2-9,14-15,22H,10-13H2,1H3,(H,28,29). The lowest BCUT2D eigenvalue weighted by Crippen LogP contribution is -2.23. The zero-order valence-corrected chi connectivity index (χ0v) is 19.2. The molecule has 1 N–H and O–H groups in total. The summed E-state index contributed by atoms with van der Waals surface area (Å²) in [6.45, 7) is 1.25. The van der Waals surface area contributed by atoms with Gasteiger partial charge in [-0.15, -0.1) is 0 Å². The topological polar surface area (TPSA) is 63.6 Å².